The molecule has 0 radical (unpaired) electrons. The van der Waals surface area contributed by atoms with E-state index in [4.69, 9.17) is 4.74 Å². The zero-order valence-electron chi connectivity index (χ0n) is 11.3. The lowest BCUT2D eigenvalue weighted by atomic mass is 9.81. The van der Waals surface area contributed by atoms with Gasteiger partial charge in [0.25, 0.3) is 0 Å². The molecule has 3 atom stereocenters. The van der Waals surface area contributed by atoms with Gasteiger partial charge in [-0.15, -0.1) is 0 Å². The molecular weight excluding hydrogens is 266 g/mol. The molecule has 1 aliphatic rings. The Morgan fingerprint density at radius 3 is 2.12 bits per heavy atom. The van der Waals surface area contributed by atoms with Crippen LogP contribution >= 0.6 is 15.9 Å². The van der Waals surface area contributed by atoms with Gasteiger partial charge in [0.2, 0.25) is 0 Å². The van der Waals surface area contributed by atoms with Gasteiger partial charge in [0, 0.05) is 25.0 Å². The molecule has 1 aliphatic heterocycles. The van der Waals surface area contributed by atoms with Crippen molar-refractivity contribution in [3.05, 3.63) is 0 Å². The third kappa shape index (κ3) is 4.34. The Balaban J connectivity index is 2.51. The number of alkyl halides is 1. The molecular formula is C13H26BrNO. The fourth-order valence-electron chi connectivity index (χ4n) is 2.30. The van der Waals surface area contributed by atoms with Crippen molar-refractivity contribution in [3.63, 3.8) is 0 Å². The summed E-state index contributed by atoms with van der Waals surface area (Å²) in [5.41, 5.74) is 0.369. The Bertz CT molecular complexity index is 204. The first kappa shape index (κ1) is 14.5. The summed E-state index contributed by atoms with van der Waals surface area (Å²) in [4.78, 5) is 2.55. The minimum absolute atomic E-state index is 0.369. The van der Waals surface area contributed by atoms with E-state index in [0.717, 1.165) is 18.4 Å². The van der Waals surface area contributed by atoms with E-state index in [2.05, 4.69) is 55.4 Å². The number of rotatable bonds is 3. The summed E-state index contributed by atoms with van der Waals surface area (Å²) in [5.74, 6) is 0.699. The fourth-order valence-corrected chi connectivity index (χ4v) is 3.48. The molecule has 0 N–H and O–H groups in total. The normalized spacial score (nSPS) is 30.4. The third-order valence-electron chi connectivity index (χ3n) is 3.38. The molecule has 0 saturated carbocycles. The maximum absolute atomic E-state index is 5.76. The second-order valence-electron chi connectivity index (χ2n) is 6.19. The molecule has 0 aliphatic carbocycles. The van der Waals surface area contributed by atoms with Gasteiger partial charge in [-0.2, -0.15) is 0 Å². The summed E-state index contributed by atoms with van der Waals surface area (Å²) in [7, 11) is 0. The predicted molar refractivity (Wildman–Crippen MR) is 73.2 cm³/mol. The molecule has 1 saturated heterocycles. The summed E-state index contributed by atoms with van der Waals surface area (Å²) in [6, 6.07) is 0. The van der Waals surface area contributed by atoms with E-state index in [1.54, 1.807) is 0 Å². The smallest absolute Gasteiger partial charge is 0.0678 e. The highest BCUT2D eigenvalue weighted by Crippen LogP contribution is 2.29. The second kappa shape index (κ2) is 5.83. The van der Waals surface area contributed by atoms with E-state index in [-0.39, 0.29) is 0 Å². The summed E-state index contributed by atoms with van der Waals surface area (Å²) >= 11 is 3.65. The first-order chi connectivity index (χ1) is 7.32. The van der Waals surface area contributed by atoms with Crippen molar-refractivity contribution in [2.24, 2.45) is 11.3 Å². The Kier molecular flexibility index (Phi) is 5.27. The van der Waals surface area contributed by atoms with Gasteiger partial charge in [0.15, 0.2) is 0 Å². The molecule has 3 heteroatoms. The van der Waals surface area contributed by atoms with Crippen LogP contribution in [0.5, 0.6) is 0 Å². The minimum Gasteiger partial charge on any atom is -0.373 e. The van der Waals surface area contributed by atoms with Gasteiger partial charge < -0.3 is 4.74 Å². The van der Waals surface area contributed by atoms with Crippen molar-refractivity contribution in [2.75, 3.05) is 25.0 Å². The van der Waals surface area contributed by atoms with Gasteiger partial charge in [0.05, 0.1) is 12.2 Å². The van der Waals surface area contributed by atoms with Crippen LogP contribution in [0.2, 0.25) is 0 Å². The summed E-state index contributed by atoms with van der Waals surface area (Å²) in [6.07, 6.45) is 0.749. The van der Waals surface area contributed by atoms with Gasteiger partial charge in [-0.1, -0.05) is 36.7 Å². The first-order valence-corrected chi connectivity index (χ1v) is 7.39. The second-order valence-corrected chi connectivity index (χ2v) is 6.84. The minimum atomic E-state index is 0.369. The Labute approximate surface area is 109 Å². The van der Waals surface area contributed by atoms with Crippen LogP contribution in [0.25, 0.3) is 0 Å². The average molecular weight is 292 g/mol. The van der Waals surface area contributed by atoms with Crippen molar-refractivity contribution in [2.45, 2.75) is 46.8 Å². The Hall–Kier alpha value is 0.400. The molecule has 1 rings (SSSR count). The summed E-state index contributed by atoms with van der Waals surface area (Å²) in [5, 5.41) is 1.08. The maximum Gasteiger partial charge on any atom is 0.0678 e. The van der Waals surface area contributed by atoms with Crippen LogP contribution in [0.4, 0.5) is 0 Å². The van der Waals surface area contributed by atoms with E-state index >= 15 is 0 Å². The highest BCUT2D eigenvalue weighted by Gasteiger charge is 2.29. The van der Waals surface area contributed by atoms with E-state index < -0.39 is 0 Å². The standard InChI is InChI=1S/C13H26BrNO/c1-10-7-15(8-11(2)16-10)9-12(6-14)13(3,4)5/h10-12H,6-9H2,1-5H3/t10-,11+,12?. The monoisotopic (exact) mass is 291 g/mol. The SMILES string of the molecule is C[C@@H]1CN(CC(CBr)C(C)(C)C)C[C@H](C)O1. The lowest BCUT2D eigenvalue weighted by Crippen LogP contribution is -2.48. The van der Waals surface area contributed by atoms with Gasteiger partial charge in [0.1, 0.15) is 0 Å². The molecule has 0 aromatic rings. The van der Waals surface area contributed by atoms with Crippen molar-refractivity contribution in [3.8, 4) is 0 Å². The van der Waals surface area contributed by atoms with Gasteiger partial charge in [-0.05, 0) is 25.2 Å². The van der Waals surface area contributed by atoms with E-state index in [0.29, 0.717) is 23.5 Å². The number of hydrogen-bond donors (Lipinski definition) is 0. The lowest BCUT2D eigenvalue weighted by molar-refractivity contribution is -0.0740. The maximum atomic E-state index is 5.76. The Morgan fingerprint density at radius 1 is 1.25 bits per heavy atom. The largest absolute Gasteiger partial charge is 0.373 e. The van der Waals surface area contributed by atoms with Crippen molar-refractivity contribution < 1.29 is 4.74 Å². The average Bonchev–Trinajstić information content (AvgIpc) is 2.10. The third-order valence-corrected chi connectivity index (χ3v) is 4.17. The quantitative estimate of drug-likeness (QED) is 0.741. The van der Waals surface area contributed by atoms with Crippen LogP contribution in [0, 0.1) is 11.3 Å². The van der Waals surface area contributed by atoms with Crippen molar-refractivity contribution in [1.29, 1.82) is 0 Å². The van der Waals surface area contributed by atoms with Crippen LogP contribution in [0.1, 0.15) is 34.6 Å². The van der Waals surface area contributed by atoms with Crippen LogP contribution in [0.3, 0.4) is 0 Å². The van der Waals surface area contributed by atoms with Gasteiger partial charge >= 0.3 is 0 Å². The lowest BCUT2D eigenvalue weighted by Gasteiger charge is -2.40. The highest BCUT2D eigenvalue weighted by atomic mass is 79.9. The van der Waals surface area contributed by atoms with Gasteiger partial charge in [-0.25, -0.2) is 0 Å². The van der Waals surface area contributed by atoms with E-state index in [1.165, 1.54) is 6.54 Å². The van der Waals surface area contributed by atoms with Crippen molar-refractivity contribution in [1.82, 2.24) is 4.90 Å². The predicted octanol–water partition coefficient (Wildman–Crippen LogP) is 3.15. The van der Waals surface area contributed by atoms with Crippen LogP contribution in [-0.4, -0.2) is 42.1 Å². The molecule has 1 heterocycles. The van der Waals surface area contributed by atoms with E-state index in [9.17, 15) is 0 Å². The van der Waals surface area contributed by atoms with Crippen LogP contribution in [0.15, 0.2) is 0 Å². The molecule has 0 amide bonds. The number of hydrogen-bond acceptors (Lipinski definition) is 2. The van der Waals surface area contributed by atoms with Crippen LogP contribution in [-0.2, 0) is 4.74 Å². The number of halogens is 1. The van der Waals surface area contributed by atoms with Gasteiger partial charge in [-0.3, -0.25) is 4.90 Å². The van der Waals surface area contributed by atoms with Crippen LogP contribution < -0.4 is 0 Å². The fraction of sp³-hybridized carbons (Fsp3) is 1.00. The molecule has 16 heavy (non-hydrogen) atoms. The molecule has 0 spiro atoms. The molecule has 0 bridgehead atoms. The summed E-state index contributed by atoms with van der Waals surface area (Å²) in [6.45, 7) is 14.6. The zero-order chi connectivity index (χ0) is 12.3. The first-order valence-electron chi connectivity index (χ1n) is 6.26. The highest BCUT2D eigenvalue weighted by molar-refractivity contribution is 9.09. The topological polar surface area (TPSA) is 12.5 Å². The number of nitrogens with zero attached hydrogens (tertiary/aromatic N) is 1. The molecule has 2 nitrogen and oxygen atoms in total. The molecule has 0 aromatic carbocycles. The van der Waals surface area contributed by atoms with E-state index in [1.807, 2.05) is 0 Å². The number of morpholine rings is 1. The molecule has 1 fully saturated rings. The Morgan fingerprint density at radius 2 is 1.75 bits per heavy atom. The zero-order valence-corrected chi connectivity index (χ0v) is 12.9. The molecule has 96 valence electrons. The summed E-state index contributed by atoms with van der Waals surface area (Å²) < 4.78 is 5.76. The molecule has 1 unspecified atom stereocenters. The van der Waals surface area contributed by atoms with Crippen molar-refractivity contribution >= 4 is 15.9 Å². The number of ether oxygens (including phenoxy) is 1. The molecule has 0 aromatic heterocycles.